The third-order valence-corrected chi connectivity index (χ3v) is 2.28. The van der Waals surface area contributed by atoms with E-state index in [1.165, 1.54) is 0 Å². The van der Waals surface area contributed by atoms with E-state index in [1.807, 2.05) is 0 Å². The fourth-order valence-electron chi connectivity index (χ4n) is 1.06. The average molecular weight is 239 g/mol. The molecular formula is C9H6ClF3O2. The van der Waals surface area contributed by atoms with Gasteiger partial charge in [-0.1, -0.05) is 11.6 Å². The Bertz CT molecular complexity index is 418. The second kappa shape index (κ2) is 3.73. The number of carbonyl (C=O) groups is 1. The first-order valence-electron chi connectivity index (χ1n) is 3.84. The monoisotopic (exact) mass is 238 g/mol. The van der Waals surface area contributed by atoms with E-state index in [1.54, 1.807) is 0 Å². The summed E-state index contributed by atoms with van der Waals surface area (Å²) in [5.74, 6) is -4.21. The number of halogens is 4. The minimum atomic E-state index is -3.07. The van der Waals surface area contributed by atoms with E-state index in [2.05, 4.69) is 0 Å². The van der Waals surface area contributed by atoms with Crippen LogP contribution in [-0.2, 0) is 10.5 Å². The van der Waals surface area contributed by atoms with Gasteiger partial charge in [0.1, 0.15) is 11.6 Å². The zero-order valence-corrected chi connectivity index (χ0v) is 8.28. The molecule has 6 heteroatoms. The van der Waals surface area contributed by atoms with Crippen molar-refractivity contribution in [3.05, 3.63) is 34.4 Å². The lowest BCUT2D eigenvalue weighted by Crippen LogP contribution is -2.28. The number of hydrogen-bond acceptors (Lipinski definition) is 1. The summed E-state index contributed by atoms with van der Waals surface area (Å²) in [6.07, 6.45) is 0. The van der Waals surface area contributed by atoms with Gasteiger partial charge in [-0.25, -0.2) is 18.0 Å². The molecule has 0 heterocycles. The van der Waals surface area contributed by atoms with Gasteiger partial charge in [-0.2, -0.15) is 0 Å². The van der Waals surface area contributed by atoms with Gasteiger partial charge in [0.2, 0.25) is 5.67 Å². The maximum Gasteiger partial charge on any atom is 0.346 e. The van der Waals surface area contributed by atoms with Gasteiger partial charge in [-0.15, -0.1) is 0 Å². The Morgan fingerprint density at radius 2 is 1.87 bits per heavy atom. The summed E-state index contributed by atoms with van der Waals surface area (Å²) in [5, 5.41) is 7.65. The Kier molecular flexibility index (Phi) is 2.95. The van der Waals surface area contributed by atoms with Crippen LogP contribution in [0, 0.1) is 11.6 Å². The highest BCUT2D eigenvalue weighted by atomic mass is 35.5. The van der Waals surface area contributed by atoms with Crippen LogP contribution >= 0.6 is 11.6 Å². The lowest BCUT2D eigenvalue weighted by molar-refractivity contribution is -0.150. The van der Waals surface area contributed by atoms with Crippen molar-refractivity contribution in [1.29, 1.82) is 0 Å². The first kappa shape index (κ1) is 11.8. The van der Waals surface area contributed by atoms with E-state index in [4.69, 9.17) is 16.7 Å². The highest BCUT2D eigenvalue weighted by Gasteiger charge is 2.40. The zero-order chi connectivity index (χ0) is 11.8. The largest absolute Gasteiger partial charge is 0.479 e. The smallest absolute Gasteiger partial charge is 0.346 e. The van der Waals surface area contributed by atoms with Crippen LogP contribution < -0.4 is 0 Å². The number of hydrogen-bond donors (Lipinski definition) is 1. The standard InChI is InChI=1S/C9H6ClF3O2/c1-9(13,8(14)15)6-4(11)2-3-5(12)7(6)10/h2-3H,1H3,(H,14,15). The van der Waals surface area contributed by atoms with Crippen molar-refractivity contribution in [3.8, 4) is 0 Å². The molecule has 15 heavy (non-hydrogen) atoms. The van der Waals surface area contributed by atoms with E-state index < -0.39 is 33.9 Å². The van der Waals surface area contributed by atoms with E-state index in [9.17, 15) is 18.0 Å². The molecular weight excluding hydrogens is 233 g/mol. The molecule has 0 aliphatic heterocycles. The molecule has 2 nitrogen and oxygen atoms in total. The Labute approximate surface area is 88.3 Å². The maximum atomic E-state index is 13.6. The molecule has 0 saturated heterocycles. The predicted molar refractivity (Wildman–Crippen MR) is 47.5 cm³/mol. The van der Waals surface area contributed by atoms with Gasteiger partial charge in [-0.05, 0) is 19.1 Å². The van der Waals surface area contributed by atoms with Gasteiger partial charge < -0.3 is 5.11 Å². The highest BCUT2D eigenvalue weighted by Crippen LogP contribution is 2.35. The lowest BCUT2D eigenvalue weighted by atomic mass is 9.97. The van der Waals surface area contributed by atoms with Gasteiger partial charge in [0.15, 0.2) is 0 Å². The van der Waals surface area contributed by atoms with Gasteiger partial charge in [-0.3, -0.25) is 0 Å². The quantitative estimate of drug-likeness (QED) is 0.805. The van der Waals surface area contributed by atoms with E-state index in [0.717, 1.165) is 0 Å². The Morgan fingerprint density at radius 3 is 2.33 bits per heavy atom. The van der Waals surface area contributed by atoms with E-state index in [-0.39, 0.29) is 0 Å². The van der Waals surface area contributed by atoms with Crippen molar-refractivity contribution in [2.24, 2.45) is 0 Å². The van der Waals surface area contributed by atoms with Crippen LogP contribution in [0.25, 0.3) is 0 Å². The fraction of sp³-hybridized carbons (Fsp3) is 0.222. The predicted octanol–water partition coefficient (Wildman–Crippen LogP) is 2.89. The molecule has 1 aromatic rings. The molecule has 0 bridgehead atoms. The number of alkyl halides is 1. The molecule has 0 aliphatic rings. The van der Waals surface area contributed by atoms with Crippen LogP contribution in [0.3, 0.4) is 0 Å². The number of carboxylic acids is 1. The molecule has 0 saturated carbocycles. The molecule has 0 aromatic heterocycles. The summed E-state index contributed by atoms with van der Waals surface area (Å²) < 4.78 is 39.6. The zero-order valence-electron chi connectivity index (χ0n) is 7.52. The molecule has 1 aromatic carbocycles. The topological polar surface area (TPSA) is 37.3 Å². The summed E-state index contributed by atoms with van der Waals surface area (Å²) in [5.41, 5.74) is -4.07. The van der Waals surface area contributed by atoms with Gasteiger partial charge in [0.05, 0.1) is 10.6 Å². The molecule has 1 rings (SSSR count). The molecule has 1 N–H and O–H groups in total. The minimum absolute atomic E-state index is 0.596. The first-order valence-corrected chi connectivity index (χ1v) is 4.22. The normalized spacial score (nSPS) is 14.7. The Balaban J connectivity index is 3.49. The second-order valence-corrected chi connectivity index (χ2v) is 3.40. The molecule has 82 valence electrons. The summed E-state index contributed by atoms with van der Waals surface area (Å²) in [4.78, 5) is 10.5. The molecule has 0 spiro atoms. The van der Waals surface area contributed by atoms with Gasteiger partial charge in [0, 0.05) is 0 Å². The third-order valence-electron chi connectivity index (χ3n) is 1.92. The second-order valence-electron chi connectivity index (χ2n) is 3.03. The minimum Gasteiger partial charge on any atom is -0.479 e. The summed E-state index contributed by atoms with van der Waals surface area (Å²) in [6, 6.07) is 1.32. The Morgan fingerprint density at radius 1 is 1.40 bits per heavy atom. The number of carboxylic acid groups (broad SMARTS) is 1. The summed E-state index contributed by atoms with van der Waals surface area (Å²) in [7, 11) is 0. The van der Waals surface area contributed by atoms with Crippen molar-refractivity contribution < 1.29 is 23.1 Å². The van der Waals surface area contributed by atoms with Crippen LogP contribution in [-0.4, -0.2) is 11.1 Å². The number of aliphatic carboxylic acids is 1. The van der Waals surface area contributed by atoms with E-state index >= 15 is 0 Å². The van der Waals surface area contributed by atoms with Crippen LogP contribution in [0.1, 0.15) is 12.5 Å². The van der Waals surface area contributed by atoms with Crippen LogP contribution in [0.15, 0.2) is 12.1 Å². The molecule has 0 amide bonds. The molecule has 1 atom stereocenters. The van der Waals surface area contributed by atoms with Crippen LogP contribution in [0.2, 0.25) is 5.02 Å². The molecule has 1 unspecified atom stereocenters. The molecule has 0 fully saturated rings. The lowest BCUT2D eigenvalue weighted by Gasteiger charge is -2.17. The van der Waals surface area contributed by atoms with Crippen molar-refractivity contribution in [1.82, 2.24) is 0 Å². The number of rotatable bonds is 2. The summed E-state index contributed by atoms with van der Waals surface area (Å²) >= 11 is 5.31. The third kappa shape index (κ3) is 1.92. The maximum absolute atomic E-state index is 13.6. The Hall–Kier alpha value is -1.23. The number of benzene rings is 1. The van der Waals surface area contributed by atoms with Crippen molar-refractivity contribution in [3.63, 3.8) is 0 Å². The summed E-state index contributed by atoms with van der Waals surface area (Å²) in [6.45, 7) is 0.596. The average Bonchev–Trinajstić information content (AvgIpc) is 2.11. The van der Waals surface area contributed by atoms with Gasteiger partial charge in [0.25, 0.3) is 0 Å². The van der Waals surface area contributed by atoms with Crippen molar-refractivity contribution in [2.45, 2.75) is 12.6 Å². The SMILES string of the molecule is CC(F)(C(=O)O)c1c(F)ccc(F)c1Cl. The van der Waals surface area contributed by atoms with Crippen LogP contribution in [0.4, 0.5) is 13.2 Å². The molecule has 0 aliphatic carbocycles. The fourth-order valence-corrected chi connectivity index (χ4v) is 1.40. The highest BCUT2D eigenvalue weighted by molar-refractivity contribution is 6.31. The first-order chi connectivity index (χ1) is 6.78. The van der Waals surface area contributed by atoms with Crippen molar-refractivity contribution in [2.75, 3.05) is 0 Å². The van der Waals surface area contributed by atoms with E-state index in [0.29, 0.717) is 19.1 Å². The van der Waals surface area contributed by atoms with Crippen molar-refractivity contribution >= 4 is 17.6 Å². The van der Waals surface area contributed by atoms with Gasteiger partial charge >= 0.3 is 5.97 Å². The molecule has 0 radical (unpaired) electrons. The van der Waals surface area contributed by atoms with Crippen LogP contribution in [0.5, 0.6) is 0 Å².